The Kier molecular flexibility index (Phi) is 4.12. The first-order valence-electron chi connectivity index (χ1n) is 7.06. The Bertz CT molecular complexity index is 914. The van der Waals surface area contributed by atoms with Crippen LogP contribution in [0.1, 0.15) is 16.1 Å². The minimum atomic E-state index is -0.0930. The molecule has 1 N–H and O–H groups in total. The molecular formula is C16H16N4O2S. The summed E-state index contributed by atoms with van der Waals surface area (Å²) in [5.74, 6) is -0.0509. The average Bonchev–Trinajstić information content (AvgIpc) is 3.01. The maximum absolute atomic E-state index is 12.0. The Hall–Kier alpha value is -2.67. The fourth-order valence-electron chi connectivity index (χ4n) is 2.19. The number of nitrogens with zero attached hydrogens (tertiary/aromatic N) is 3. The van der Waals surface area contributed by atoms with E-state index in [1.165, 1.54) is 26.7 Å². The fraction of sp³-hybridized carbons (Fsp3) is 0.188. The third kappa shape index (κ3) is 3.24. The predicted octanol–water partition coefficient (Wildman–Crippen LogP) is 2.07. The number of hydrogen-bond acceptors (Lipinski definition) is 5. The first kappa shape index (κ1) is 15.2. The van der Waals surface area contributed by atoms with Crippen LogP contribution < -0.4 is 10.9 Å². The van der Waals surface area contributed by atoms with Crippen LogP contribution in [0.2, 0.25) is 0 Å². The summed E-state index contributed by atoms with van der Waals surface area (Å²) in [6.07, 6.45) is 1.71. The van der Waals surface area contributed by atoms with Crippen LogP contribution in [-0.2, 0) is 6.54 Å². The Morgan fingerprint density at radius 2 is 2.17 bits per heavy atom. The minimum Gasteiger partial charge on any atom is -0.379 e. The number of amides is 1. The lowest BCUT2D eigenvalue weighted by atomic mass is 10.2. The normalized spacial score (nSPS) is 10.7. The quantitative estimate of drug-likeness (QED) is 0.796. The molecule has 1 aromatic carbocycles. The van der Waals surface area contributed by atoms with Gasteiger partial charge in [-0.15, -0.1) is 11.3 Å². The number of aromatic nitrogens is 2. The van der Waals surface area contributed by atoms with E-state index in [9.17, 15) is 9.59 Å². The number of nitrogens with one attached hydrogen (secondary N) is 1. The highest BCUT2D eigenvalue weighted by Crippen LogP contribution is 2.13. The van der Waals surface area contributed by atoms with Crippen molar-refractivity contribution in [2.45, 2.75) is 6.54 Å². The molecule has 0 radical (unpaired) electrons. The van der Waals surface area contributed by atoms with E-state index in [-0.39, 0.29) is 11.5 Å². The number of thiazole rings is 1. The molecule has 0 atom stereocenters. The highest BCUT2D eigenvalue weighted by Gasteiger charge is 2.08. The molecule has 3 aromatic rings. The molecule has 118 valence electrons. The summed E-state index contributed by atoms with van der Waals surface area (Å²) in [7, 11) is 3.44. The first-order valence-corrected chi connectivity index (χ1v) is 7.94. The van der Waals surface area contributed by atoms with Gasteiger partial charge >= 0.3 is 0 Å². The zero-order valence-electron chi connectivity index (χ0n) is 12.8. The number of benzene rings is 1. The van der Waals surface area contributed by atoms with Crippen LogP contribution in [-0.4, -0.2) is 34.3 Å². The maximum atomic E-state index is 12.0. The third-order valence-electron chi connectivity index (χ3n) is 3.35. The van der Waals surface area contributed by atoms with E-state index < -0.39 is 0 Å². The van der Waals surface area contributed by atoms with Gasteiger partial charge < -0.3 is 10.2 Å². The maximum Gasteiger partial charge on any atom is 0.258 e. The molecule has 0 aliphatic rings. The van der Waals surface area contributed by atoms with Gasteiger partial charge in [-0.25, -0.2) is 4.98 Å². The molecule has 7 heteroatoms. The van der Waals surface area contributed by atoms with Crippen molar-refractivity contribution in [2.24, 2.45) is 0 Å². The molecule has 0 aliphatic carbocycles. The second-order valence-corrected chi connectivity index (χ2v) is 6.15. The summed E-state index contributed by atoms with van der Waals surface area (Å²) < 4.78 is 1.52. The van der Waals surface area contributed by atoms with Gasteiger partial charge in [-0.3, -0.25) is 14.0 Å². The van der Waals surface area contributed by atoms with E-state index >= 15 is 0 Å². The van der Waals surface area contributed by atoms with Gasteiger partial charge in [-0.1, -0.05) is 6.07 Å². The number of rotatable bonds is 4. The smallest absolute Gasteiger partial charge is 0.258 e. The van der Waals surface area contributed by atoms with Gasteiger partial charge in [-0.05, 0) is 18.2 Å². The lowest BCUT2D eigenvalue weighted by Crippen LogP contribution is -2.21. The van der Waals surface area contributed by atoms with Gasteiger partial charge in [0.25, 0.3) is 11.5 Å². The molecule has 6 nitrogen and oxygen atoms in total. The van der Waals surface area contributed by atoms with Crippen LogP contribution in [0.25, 0.3) is 4.96 Å². The molecule has 0 unspecified atom stereocenters. The monoisotopic (exact) mass is 328 g/mol. The lowest BCUT2D eigenvalue weighted by Gasteiger charge is -2.12. The van der Waals surface area contributed by atoms with Gasteiger partial charge in [0.1, 0.15) is 0 Å². The number of fused-ring (bicyclic) bond motifs is 1. The van der Waals surface area contributed by atoms with Gasteiger partial charge in [0.15, 0.2) is 4.96 Å². The second-order valence-electron chi connectivity index (χ2n) is 5.28. The van der Waals surface area contributed by atoms with E-state index in [2.05, 4.69) is 10.3 Å². The van der Waals surface area contributed by atoms with Gasteiger partial charge in [0.05, 0.1) is 12.2 Å². The third-order valence-corrected chi connectivity index (χ3v) is 4.10. The predicted molar refractivity (Wildman–Crippen MR) is 91.1 cm³/mol. The topological polar surface area (TPSA) is 66.7 Å². The van der Waals surface area contributed by atoms with E-state index in [1.807, 2.05) is 17.5 Å². The molecule has 1 amide bonds. The molecule has 3 rings (SSSR count). The lowest BCUT2D eigenvalue weighted by molar-refractivity contribution is 0.0827. The van der Waals surface area contributed by atoms with Crippen molar-refractivity contribution >= 4 is 27.9 Å². The molecule has 0 saturated heterocycles. The van der Waals surface area contributed by atoms with Crippen molar-refractivity contribution in [1.82, 2.24) is 14.3 Å². The van der Waals surface area contributed by atoms with Crippen molar-refractivity contribution < 1.29 is 4.79 Å². The van der Waals surface area contributed by atoms with Gasteiger partial charge in [0.2, 0.25) is 0 Å². The summed E-state index contributed by atoms with van der Waals surface area (Å²) >= 11 is 1.42. The molecule has 2 heterocycles. The van der Waals surface area contributed by atoms with Crippen LogP contribution >= 0.6 is 11.3 Å². The highest BCUT2D eigenvalue weighted by atomic mass is 32.1. The molecule has 0 saturated carbocycles. The van der Waals surface area contributed by atoms with Crippen molar-refractivity contribution in [2.75, 3.05) is 19.4 Å². The number of anilines is 1. The minimum absolute atomic E-state index is 0.0509. The van der Waals surface area contributed by atoms with E-state index in [0.29, 0.717) is 22.8 Å². The fourth-order valence-corrected chi connectivity index (χ4v) is 2.93. The summed E-state index contributed by atoms with van der Waals surface area (Å²) in [6.45, 7) is 0.420. The largest absolute Gasteiger partial charge is 0.379 e. The molecule has 23 heavy (non-hydrogen) atoms. The average molecular weight is 328 g/mol. The zero-order valence-corrected chi connectivity index (χ0v) is 13.6. The highest BCUT2D eigenvalue weighted by molar-refractivity contribution is 7.15. The molecule has 0 bridgehead atoms. The summed E-state index contributed by atoms with van der Waals surface area (Å²) in [5.41, 5.74) is 2.00. The molecule has 0 aliphatic heterocycles. The molecule has 2 aromatic heterocycles. The Labute approximate surface area is 137 Å². The zero-order chi connectivity index (χ0) is 16.4. The number of carbonyl (C=O) groups excluding carboxylic acids is 1. The van der Waals surface area contributed by atoms with Crippen LogP contribution in [0.4, 0.5) is 5.69 Å². The van der Waals surface area contributed by atoms with Crippen LogP contribution in [0.3, 0.4) is 0 Å². The Morgan fingerprint density at radius 3 is 2.96 bits per heavy atom. The van der Waals surface area contributed by atoms with E-state index in [0.717, 1.165) is 5.69 Å². The van der Waals surface area contributed by atoms with Crippen molar-refractivity contribution in [3.05, 3.63) is 63.5 Å². The Morgan fingerprint density at radius 1 is 1.35 bits per heavy atom. The van der Waals surface area contributed by atoms with Crippen LogP contribution in [0.15, 0.2) is 46.7 Å². The molecule has 0 fully saturated rings. The van der Waals surface area contributed by atoms with Crippen LogP contribution in [0, 0.1) is 0 Å². The Balaban J connectivity index is 1.78. The number of carbonyl (C=O) groups is 1. The van der Waals surface area contributed by atoms with E-state index in [4.69, 9.17) is 0 Å². The summed E-state index contributed by atoms with van der Waals surface area (Å²) in [5, 5.41) is 5.03. The summed E-state index contributed by atoms with van der Waals surface area (Å²) in [4.78, 5) is 30.6. The summed E-state index contributed by atoms with van der Waals surface area (Å²) in [6, 6.07) is 8.78. The van der Waals surface area contributed by atoms with Gasteiger partial charge in [0, 0.05) is 43.0 Å². The molecular weight excluding hydrogens is 312 g/mol. The molecule has 0 spiro atoms. The van der Waals surface area contributed by atoms with E-state index in [1.54, 1.807) is 32.4 Å². The van der Waals surface area contributed by atoms with Crippen molar-refractivity contribution in [1.29, 1.82) is 0 Å². The SMILES string of the molecule is CN(C)C(=O)c1cccc(NCc2cc(=O)n3ccsc3n2)c1. The number of hydrogen-bond donors (Lipinski definition) is 1. The second kappa shape index (κ2) is 6.21. The standard InChI is InChI=1S/C16H16N4O2S/c1-19(2)15(22)11-4-3-5-12(8-11)17-10-13-9-14(21)20-6-7-23-16(20)18-13/h3-9,17H,10H2,1-2H3. The van der Waals surface area contributed by atoms with Crippen molar-refractivity contribution in [3.63, 3.8) is 0 Å². The van der Waals surface area contributed by atoms with Crippen molar-refractivity contribution in [3.8, 4) is 0 Å². The van der Waals surface area contributed by atoms with Crippen LogP contribution in [0.5, 0.6) is 0 Å². The van der Waals surface area contributed by atoms with Gasteiger partial charge in [-0.2, -0.15) is 0 Å². The first-order chi connectivity index (χ1) is 11.0.